The Morgan fingerprint density at radius 1 is 0.250 bits per heavy atom. The summed E-state index contributed by atoms with van der Waals surface area (Å²) in [5.41, 5.74) is 0. The van der Waals surface area contributed by atoms with E-state index in [1.54, 1.807) is 0 Å². The van der Waals surface area contributed by atoms with E-state index < -0.39 is 6.10 Å². The van der Waals surface area contributed by atoms with Gasteiger partial charge in [-0.15, -0.1) is 0 Å². The number of rotatable bonds is 67. The van der Waals surface area contributed by atoms with Crippen LogP contribution in [0.1, 0.15) is 400 Å². The van der Waals surface area contributed by atoms with Gasteiger partial charge in [0.05, 0.1) is 0 Å². The smallest absolute Gasteiger partial charge is 0.306 e. The Hall–Kier alpha value is -2.37. The minimum Gasteiger partial charge on any atom is -0.462 e. The van der Waals surface area contributed by atoms with Crippen LogP contribution in [0, 0.1) is 0 Å². The van der Waals surface area contributed by atoms with E-state index in [1.807, 2.05) is 0 Å². The molecule has 0 aromatic heterocycles. The van der Waals surface area contributed by atoms with Gasteiger partial charge >= 0.3 is 17.9 Å². The third-order valence-corrected chi connectivity index (χ3v) is 16.4. The Bertz CT molecular complexity index is 1340. The molecule has 0 aliphatic carbocycles. The van der Waals surface area contributed by atoms with Crippen LogP contribution < -0.4 is 0 Å². The summed E-state index contributed by atoms with van der Waals surface area (Å²) in [7, 11) is 0. The maximum Gasteiger partial charge on any atom is 0.306 e. The van der Waals surface area contributed by atoms with Crippen LogP contribution in [0.3, 0.4) is 0 Å². The fourth-order valence-electron chi connectivity index (χ4n) is 11.0. The summed E-state index contributed by atoms with van der Waals surface area (Å²) in [6.07, 6.45) is 86.3. The number of ether oxygens (including phenoxy) is 3. The molecule has 80 heavy (non-hydrogen) atoms. The molecule has 0 heterocycles. The Morgan fingerprint density at radius 2 is 0.450 bits per heavy atom. The number of carbonyl (C=O) groups excluding carboxylic acids is 3. The van der Waals surface area contributed by atoms with E-state index in [0.29, 0.717) is 19.3 Å². The lowest BCUT2D eigenvalue weighted by molar-refractivity contribution is -0.167. The molecule has 1 unspecified atom stereocenters. The lowest BCUT2D eigenvalue weighted by Gasteiger charge is -2.18. The second-order valence-electron chi connectivity index (χ2n) is 24.5. The van der Waals surface area contributed by atoms with E-state index in [1.165, 1.54) is 283 Å². The van der Waals surface area contributed by atoms with Crippen molar-refractivity contribution in [1.29, 1.82) is 0 Å². The first-order valence-corrected chi connectivity index (χ1v) is 36.0. The summed E-state index contributed by atoms with van der Waals surface area (Å²) < 4.78 is 16.9. The zero-order valence-electron chi connectivity index (χ0n) is 54.1. The van der Waals surface area contributed by atoms with E-state index in [4.69, 9.17) is 14.2 Å². The van der Waals surface area contributed by atoms with Crippen LogP contribution in [0.15, 0.2) is 36.5 Å². The van der Waals surface area contributed by atoms with Crippen molar-refractivity contribution < 1.29 is 28.6 Å². The molecule has 0 saturated heterocycles. The van der Waals surface area contributed by atoms with Gasteiger partial charge < -0.3 is 14.2 Å². The number of carbonyl (C=O) groups is 3. The van der Waals surface area contributed by atoms with E-state index in [-0.39, 0.29) is 31.1 Å². The molecule has 0 rings (SSSR count). The van der Waals surface area contributed by atoms with Gasteiger partial charge in [0, 0.05) is 19.3 Å². The quantitative estimate of drug-likeness (QED) is 0.0261. The lowest BCUT2D eigenvalue weighted by Crippen LogP contribution is -2.30. The van der Waals surface area contributed by atoms with Crippen LogP contribution in [0.5, 0.6) is 0 Å². The molecule has 0 aromatic carbocycles. The molecule has 0 saturated carbocycles. The van der Waals surface area contributed by atoms with Gasteiger partial charge in [0.15, 0.2) is 6.10 Å². The third-order valence-electron chi connectivity index (χ3n) is 16.4. The molecular weight excluding hydrogens is 985 g/mol. The molecule has 6 heteroatoms. The SMILES string of the molecule is CCCCC/C=C\C/C=C\C/C=C\CCCCCCCCC(=O)OC(COC(=O)CCCCCCCCCCCCC)COC(=O)CCCCCCCCCCCCCCCCCCCCCCCCCCCCCCCCCC. The average molecular weight is 1120 g/mol. The molecule has 0 fully saturated rings. The predicted molar refractivity (Wildman–Crippen MR) is 349 cm³/mol. The van der Waals surface area contributed by atoms with Crippen molar-refractivity contribution in [2.45, 2.75) is 406 Å². The first kappa shape index (κ1) is 77.6. The minimum absolute atomic E-state index is 0.0722. The van der Waals surface area contributed by atoms with Crippen LogP contribution in [-0.2, 0) is 28.6 Å². The van der Waals surface area contributed by atoms with Gasteiger partial charge in [-0.05, 0) is 57.8 Å². The van der Waals surface area contributed by atoms with Crippen LogP contribution in [-0.4, -0.2) is 37.2 Å². The molecule has 0 radical (unpaired) electrons. The molecule has 6 nitrogen and oxygen atoms in total. The van der Waals surface area contributed by atoms with Gasteiger partial charge in [-0.25, -0.2) is 0 Å². The maximum absolute atomic E-state index is 12.9. The van der Waals surface area contributed by atoms with Crippen molar-refractivity contribution in [3.05, 3.63) is 36.5 Å². The topological polar surface area (TPSA) is 78.9 Å². The lowest BCUT2D eigenvalue weighted by atomic mass is 10.0. The van der Waals surface area contributed by atoms with E-state index >= 15 is 0 Å². The summed E-state index contributed by atoms with van der Waals surface area (Å²) in [5.74, 6) is -0.859. The molecule has 1 atom stereocenters. The number of hydrogen-bond acceptors (Lipinski definition) is 6. The Morgan fingerprint density at radius 3 is 0.725 bits per heavy atom. The summed E-state index contributed by atoms with van der Waals surface area (Å²) in [6, 6.07) is 0. The molecule has 470 valence electrons. The van der Waals surface area contributed by atoms with Gasteiger partial charge in [-0.1, -0.05) is 359 Å². The number of hydrogen-bond donors (Lipinski definition) is 0. The Balaban J connectivity index is 4.10. The van der Waals surface area contributed by atoms with Crippen molar-refractivity contribution in [1.82, 2.24) is 0 Å². The van der Waals surface area contributed by atoms with Crippen molar-refractivity contribution >= 4 is 17.9 Å². The highest BCUT2D eigenvalue weighted by Gasteiger charge is 2.19. The molecule has 0 bridgehead atoms. The number of allylic oxidation sites excluding steroid dienone is 6. The normalized spacial score (nSPS) is 12.2. The van der Waals surface area contributed by atoms with Crippen molar-refractivity contribution in [3.63, 3.8) is 0 Å². The first-order chi connectivity index (χ1) is 39.5. The van der Waals surface area contributed by atoms with Crippen LogP contribution in [0.4, 0.5) is 0 Å². The van der Waals surface area contributed by atoms with E-state index in [2.05, 4.69) is 57.2 Å². The summed E-state index contributed by atoms with van der Waals surface area (Å²) in [6.45, 7) is 6.66. The largest absolute Gasteiger partial charge is 0.462 e. The second kappa shape index (κ2) is 69.1. The van der Waals surface area contributed by atoms with E-state index in [0.717, 1.165) is 77.0 Å². The Labute approximate surface area is 499 Å². The minimum atomic E-state index is -0.776. The highest BCUT2D eigenvalue weighted by molar-refractivity contribution is 5.71. The van der Waals surface area contributed by atoms with Gasteiger partial charge in [0.1, 0.15) is 13.2 Å². The van der Waals surface area contributed by atoms with Gasteiger partial charge in [0.2, 0.25) is 0 Å². The first-order valence-electron chi connectivity index (χ1n) is 36.0. The predicted octanol–water partition coefficient (Wildman–Crippen LogP) is 24.7. The maximum atomic E-state index is 12.9. The number of esters is 3. The van der Waals surface area contributed by atoms with Crippen molar-refractivity contribution in [2.75, 3.05) is 13.2 Å². The fourth-order valence-corrected chi connectivity index (χ4v) is 11.0. The molecule has 0 aromatic rings. The van der Waals surface area contributed by atoms with Crippen molar-refractivity contribution in [3.8, 4) is 0 Å². The van der Waals surface area contributed by atoms with Crippen molar-refractivity contribution in [2.24, 2.45) is 0 Å². The monoisotopic (exact) mass is 1120 g/mol. The molecule has 0 aliphatic heterocycles. The molecule has 0 N–H and O–H groups in total. The zero-order chi connectivity index (χ0) is 57.8. The standard InChI is InChI=1S/C74H138O6/c1-4-7-10-13-16-19-22-24-26-28-30-31-32-33-34-35-36-37-38-39-40-41-42-44-45-47-49-52-55-58-61-64-67-73(76)79-70-71(69-78-72(75)66-63-60-57-54-51-21-18-15-12-9-6-3)80-74(77)68-65-62-59-56-53-50-48-46-43-29-27-25-23-20-17-14-11-8-5-2/h17,20,25,27,43,46,71H,4-16,18-19,21-24,26,28-42,44-45,47-70H2,1-3H3/b20-17-,27-25-,46-43-. The molecule has 0 spiro atoms. The van der Waals surface area contributed by atoms with Gasteiger partial charge in [0.25, 0.3) is 0 Å². The summed E-state index contributed by atoms with van der Waals surface area (Å²) >= 11 is 0. The van der Waals surface area contributed by atoms with Crippen LogP contribution in [0.2, 0.25) is 0 Å². The van der Waals surface area contributed by atoms with Gasteiger partial charge in [-0.3, -0.25) is 14.4 Å². The molecular formula is C74H138O6. The van der Waals surface area contributed by atoms with Gasteiger partial charge in [-0.2, -0.15) is 0 Å². The highest BCUT2D eigenvalue weighted by atomic mass is 16.6. The molecule has 0 amide bonds. The molecule has 0 aliphatic rings. The summed E-state index contributed by atoms with van der Waals surface area (Å²) in [4.78, 5) is 38.3. The van der Waals surface area contributed by atoms with E-state index in [9.17, 15) is 14.4 Å². The third kappa shape index (κ3) is 66.4. The zero-order valence-corrected chi connectivity index (χ0v) is 54.1. The second-order valence-corrected chi connectivity index (χ2v) is 24.5. The number of unbranched alkanes of at least 4 members (excludes halogenated alkanes) is 50. The average Bonchev–Trinajstić information content (AvgIpc) is 3.46. The summed E-state index contributed by atoms with van der Waals surface area (Å²) in [5, 5.41) is 0. The van der Waals surface area contributed by atoms with Crippen LogP contribution >= 0.6 is 0 Å². The fraction of sp³-hybridized carbons (Fsp3) is 0.878. The van der Waals surface area contributed by atoms with Crippen LogP contribution in [0.25, 0.3) is 0 Å². The highest BCUT2D eigenvalue weighted by Crippen LogP contribution is 2.19. The Kier molecular flexibility index (Phi) is 67.1.